The van der Waals surface area contributed by atoms with Gasteiger partial charge in [0.25, 0.3) is 0 Å². The third-order valence-corrected chi connectivity index (χ3v) is 5.75. The van der Waals surface area contributed by atoms with Crippen LogP contribution >= 0.6 is 11.6 Å². The Hall–Kier alpha value is -2.98. The van der Waals surface area contributed by atoms with Crippen molar-refractivity contribution in [3.63, 3.8) is 0 Å². The normalized spacial score (nSPS) is 12.1. The number of allylic oxidation sites excluding steroid dienone is 1. The van der Waals surface area contributed by atoms with E-state index in [2.05, 4.69) is 38.9 Å². The van der Waals surface area contributed by atoms with Crippen molar-refractivity contribution >= 4 is 29.1 Å². The van der Waals surface area contributed by atoms with E-state index < -0.39 is 12.9 Å². The highest BCUT2D eigenvalue weighted by atomic mass is 35.5. The Kier molecular flexibility index (Phi) is 10.0. The number of hydrogen-bond donors (Lipinski definition) is 0. The standard InChI is InChI=1S/C26H34ClN3O4/c1-7-9-10-15-32-25(31)34-17-33-24(23-22(27)18(3)29-30(23)8-2)21(16-28)19-11-13-20(14-12-19)26(4,5)6/h11-14H,7-10,15,17H2,1-6H3/b24-21-. The molecule has 0 aliphatic heterocycles. The predicted molar refractivity (Wildman–Crippen MR) is 133 cm³/mol. The summed E-state index contributed by atoms with van der Waals surface area (Å²) in [6.07, 6.45) is 1.93. The van der Waals surface area contributed by atoms with Gasteiger partial charge in [0.1, 0.15) is 17.3 Å². The summed E-state index contributed by atoms with van der Waals surface area (Å²) in [6, 6.07) is 9.95. The van der Waals surface area contributed by atoms with Crippen LogP contribution in [0.15, 0.2) is 24.3 Å². The van der Waals surface area contributed by atoms with E-state index in [-0.39, 0.29) is 23.4 Å². The molecule has 0 aliphatic rings. The highest BCUT2D eigenvalue weighted by molar-refractivity contribution is 6.33. The molecule has 0 unspecified atom stereocenters. The maximum Gasteiger partial charge on any atom is 0.511 e. The van der Waals surface area contributed by atoms with E-state index in [9.17, 15) is 10.1 Å². The summed E-state index contributed by atoms with van der Waals surface area (Å²) < 4.78 is 17.7. The average molecular weight is 488 g/mol. The van der Waals surface area contributed by atoms with Gasteiger partial charge >= 0.3 is 6.16 Å². The van der Waals surface area contributed by atoms with Crippen LogP contribution < -0.4 is 0 Å². The first-order valence-corrected chi connectivity index (χ1v) is 11.9. The monoisotopic (exact) mass is 487 g/mol. The second-order valence-electron chi connectivity index (χ2n) is 8.92. The number of nitrogens with zero attached hydrogens (tertiary/aromatic N) is 3. The number of halogens is 1. The molecule has 1 aromatic heterocycles. The van der Waals surface area contributed by atoms with E-state index in [0.717, 1.165) is 24.8 Å². The molecule has 0 saturated carbocycles. The van der Waals surface area contributed by atoms with Crippen LogP contribution in [0.25, 0.3) is 11.3 Å². The quantitative estimate of drug-likeness (QED) is 0.119. The highest BCUT2D eigenvalue weighted by Gasteiger charge is 2.24. The maximum atomic E-state index is 11.9. The third kappa shape index (κ3) is 7.01. The van der Waals surface area contributed by atoms with Gasteiger partial charge in [-0.05, 0) is 36.8 Å². The number of hydrogen-bond acceptors (Lipinski definition) is 6. The zero-order valence-electron chi connectivity index (χ0n) is 20.9. The lowest BCUT2D eigenvalue weighted by Crippen LogP contribution is -2.13. The fourth-order valence-electron chi connectivity index (χ4n) is 3.33. The highest BCUT2D eigenvalue weighted by Crippen LogP contribution is 2.34. The number of nitriles is 1. The summed E-state index contributed by atoms with van der Waals surface area (Å²) in [4.78, 5) is 11.9. The molecular weight excluding hydrogens is 454 g/mol. The van der Waals surface area contributed by atoms with Crippen molar-refractivity contribution in [3.05, 3.63) is 51.8 Å². The van der Waals surface area contributed by atoms with Crippen molar-refractivity contribution < 1.29 is 19.0 Å². The molecular formula is C26H34ClN3O4. The maximum absolute atomic E-state index is 11.9. The Bertz CT molecular complexity index is 1040. The van der Waals surface area contributed by atoms with Crippen molar-refractivity contribution in [3.8, 4) is 6.07 Å². The Morgan fingerprint density at radius 2 is 1.79 bits per heavy atom. The minimum absolute atomic E-state index is 0.0268. The van der Waals surface area contributed by atoms with Gasteiger partial charge < -0.3 is 14.2 Å². The third-order valence-electron chi connectivity index (χ3n) is 5.30. The molecule has 2 aromatic rings. The molecule has 0 bridgehead atoms. The smallest absolute Gasteiger partial charge is 0.453 e. The van der Waals surface area contributed by atoms with Crippen LogP contribution in [0, 0.1) is 18.3 Å². The van der Waals surface area contributed by atoms with Gasteiger partial charge in [-0.1, -0.05) is 76.4 Å². The number of aromatic nitrogens is 2. The second-order valence-corrected chi connectivity index (χ2v) is 9.30. The fourth-order valence-corrected chi connectivity index (χ4v) is 3.55. The molecule has 1 aromatic carbocycles. The van der Waals surface area contributed by atoms with Crippen molar-refractivity contribution in [1.82, 2.24) is 9.78 Å². The first-order valence-electron chi connectivity index (χ1n) is 11.5. The number of rotatable bonds is 10. The molecule has 8 heteroatoms. The largest absolute Gasteiger partial charge is 0.511 e. The van der Waals surface area contributed by atoms with Crippen LogP contribution in [0.2, 0.25) is 5.02 Å². The van der Waals surface area contributed by atoms with Gasteiger partial charge in [-0.2, -0.15) is 10.4 Å². The van der Waals surface area contributed by atoms with Crippen LogP contribution in [0.4, 0.5) is 4.79 Å². The molecule has 7 nitrogen and oxygen atoms in total. The molecule has 34 heavy (non-hydrogen) atoms. The Morgan fingerprint density at radius 3 is 2.35 bits per heavy atom. The molecule has 0 radical (unpaired) electrons. The predicted octanol–water partition coefficient (Wildman–Crippen LogP) is 6.87. The van der Waals surface area contributed by atoms with Gasteiger partial charge in [-0.15, -0.1) is 0 Å². The molecule has 0 fully saturated rings. The van der Waals surface area contributed by atoms with Gasteiger partial charge in [-0.25, -0.2) is 4.79 Å². The molecule has 184 valence electrons. The number of benzene rings is 1. The van der Waals surface area contributed by atoms with E-state index in [1.54, 1.807) is 11.6 Å². The lowest BCUT2D eigenvalue weighted by molar-refractivity contribution is -0.00615. The molecule has 2 rings (SSSR count). The van der Waals surface area contributed by atoms with Crippen molar-refractivity contribution in [2.75, 3.05) is 13.4 Å². The van der Waals surface area contributed by atoms with Crippen LogP contribution in [0.3, 0.4) is 0 Å². The minimum atomic E-state index is -0.824. The number of ether oxygens (including phenoxy) is 3. The zero-order valence-corrected chi connectivity index (χ0v) is 21.7. The first-order chi connectivity index (χ1) is 16.1. The van der Waals surface area contributed by atoms with Gasteiger partial charge in [0.05, 0.1) is 17.3 Å². The Labute approximate surface area is 207 Å². The molecule has 0 aliphatic carbocycles. The second kappa shape index (κ2) is 12.5. The molecule has 0 amide bonds. The number of aryl methyl sites for hydroxylation is 2. The summed E-state index contributed by atoms with van der Waals surface area (Å²) >= 11 is 6.56. The number of carbonyl (C=O) groups excluding carboxylic acids is 1. The SMILES string of the molecule is CCCCCOC(=O)OCO/C(=C(/C#N)c1ccc(C(C)(C)C)cc1)c1c(Cl)c(C)nn1CC. The van der Waals surface area contributed by atoms with E-state index >= 15 is 0 Å². The van der Waals surface area contributed by atoms with Crippen molar-refractivity contribution in [2.45, 2.75) is 72.8 Å². The fraction of sp³-hybridized carbons (Fsp3) is 0.500. The zero-order chi connectivity index (χ0) is 25.3. The van der Waals surface area contributed by atoms with Crippen LogP contribution in [0.1, 0.15) is 76.4 Å². The van der Waals surface area contributed by atoms with Gasteiger partial charge in [0, 0.05) is 6.54 Å². The average Bonchev–Trinajstić information content (AvgIpc) is 3.09. The van der Waals surface area contributed by atoms with Gasteiger partial charge in [0.15, 0.2) is 5.76 Å². The number of carbonyl (C=O) groups is 1. The lowest BCUT2D eigenvalue weighted by Gasteiger charge is -2.19. The summed E-state index contributed by atoms with van der Waals surface area (Å²) in [5.41, 5.74) is 3.09. The Morgan fingerprint density at radius 1 is 1.12 bits per heavy atom. The van der Waals surface area contributed by atoms with E-state index in [4.69, 9.17) is 25.8 Å². The van der Waals surface area contributed by atoms with E-state index in [1.807, 2.05) is 31.2 Å². The number of unbranched alkanes of at least 4 members (excludes halogenated alkanes) is 2. The topological polar surface area (TPSA) is 86.4 Å². The summed E-state index contributed by atoms with van der Waals surface area (Å²) in [5, 5.41) is 14.9. The lowest BCUT2D eigenvalue weighted by atomic mass is 9.86. The first kappa shape index (κ1) is 27.3. The Balaban J connectivity index is 2.40. The molecule has 0 spiro atoms. The van der Waals surface area contributed by atoms with E-state index in [1.165, 1.54) is 0 Å². The minimum Gasteiger partial charge on any atom is -0.453 e. The van der Waals surface area contributed by atoms with Crippen molar-refractivity contribution in [1.29, 1.82) is 5.26 Å². The van der Waals surface area contributed by atoms with Crippen LogP contribution in [-0.2, 0) is 26.2 Å². The molecule has 1 heterocycles. The van der Waals surface area contributed by atoms with Crippen LogP contribution in [0.5, 0.6) is 0 Å². The summed E-state index contributed by atoms with van der Waals surface area (Å²) in [7, 11) is 0. The summed E-state index contributed by atoms with van der Waals surface area (Å²) in [5.74, 6) is 0.192. The molecule has 0 N–H and O–H groups in total. The molecule has 0 saturated heterocycles. The van der Waals surface area contributed by atoms with E-state index in [0.29, 0.717) is 28.5 Å². The van der Waals surface area contributed by atoms with Gasteiger partial charge in [0.2, 0.25) is 6.79 Å². The molecule has 0 atom stereocenters. The summed E-state index contributed by atoms with van der Waals surface area (Å²) in [6.45, 7) is 12.5. The van der Waals surface area contributed by atoms with Crippen molar-refractivity contribution in [2.24, 2.45) is 0 Å². The van der Waals surface area contributed by atoms with Crippen LogP contribution in [-0.4, -0.2) is 29.3 Å². The van der Waals surface area contributed by atoms with Gasteiger partial charge in [-0.3, -0.25) is 4.68 Å².